The third-order valence-corrected chi connectivity index (χ3v) is 5.01. The molecule has 1 aromatic carbocycles. The fourth-order valence-electron chi connectivity index (χ4n) is 2.04. The number of hydrogen-bond donors (Lipinski definition) is 2. The predicted octanol–water partition coefficient (Wildman–Crippen LogP) is 2.19. The minimum atomic E-state index is -0.556. The Labute approximate surface area is 123 Å². The highest BCUT2D eigenvalue weighted by Gasteiger charge is 2.41. The molecule has 2 N–H and O–H groups in total. The molecule has 1 fully saturated rings. The number of thioether (sulfide) groups is 1. The van der Waals surface area contributed by atoms with Crippen molar-refractivity contribution in [2.75, 3.05) is 26.0 Å². The van der Waals surface area contributed by atoms with Crippen LogP contribution >= 0.6 is 11.8 Å². The van der Waals surface area contributed by atoms with E-state index in [1.165, 1.54) is 18.9 Å². The summed E-state index contributed by atoms with van der Waals surface area (Å²) in [4.78, 5) is 0. The van der Waals surface area contributed by atoms with Gasteiger partial charge in [-0.05, 0) is 25.2 Å². The molecule has 0 aliphatic heterocycles. The second-order valence-corrected chi connectivity index (χ2v) is 6.55. The molecule has 0 radical (unpaired) electrons. The zero-order chi connectivity index (χ0) is 14.4. The van der Waals surface area contributed by atoms with Crippen LogP contribution in [0, 0.1) is 5.82 Å². The molecule has 0 bridgehead atoms. The summed E-state index contributed by atoms with van der Waals surface area (Å²) in [7, 11) is 0. The Morgan fingerprint density at radius 3 is 2.85 bits per heavy atom. The number of ether oxygens (including phenoxy) is 1. The summed E-state index contributed by atoms with van der Waals surface area (Å²) >= 11 is 1.89. The first kappa shape index (κ1) is 15.8. The lowest BCUT2D eigenvalue weighted by atomic mass is 10.2. The highest BCUT2D eigenvalue weighted by molar-refractivity contribution is 8.00. The lowest BCUT2D eigenvalue weighted by Gasteiger charge is -2.16. The Bertz CT molecular complexity index is 426. The zero-order valence-corrected chi connectivity index (χ0v) is 12.6. The average Bonchev–Trinajstić information content (AvgIpc) is 3.21. The fourth-order valence-corrected chi connectivity index (χ4v) is 2.80. The van der Waals surface area contributed by atoms with Crippen LogP contribution in [0.4, 0.5) is 4.39 Å². The van der Waals surface area contributed by atoms with E-state index in [-0.39, 0.29) is 19.0 Å². The summed E-state index contributed by atoms with van der Waals surface area (Å²) in [6.45, 7) is 1.85. The summed E-state index contributed by atoms with van der Waals surface area (Å²) in [6, 6.07) is 6.53. The van der Waals surface area contributed by atoms with Crippen molar-refractivity contribution >= 4 is 11.8 Å². The number of halogens is 1. The van der Waals surface area contributed by atoms with Gasteiger partial charge >= 0.3 is 0 Å². The van der Waals surface area contributed by atoms with Gasteiger partial charge in [0.2, 0.25) is 0 Å². The minimum absolute atomic E-state index is 0.193. The van der Waals surface area contributed by atoms with Gasteiger partial charge in [-0.25, -0.2) is 4.39 Å². The summed E-state index contributed by atoms with van der Waals surface area (Å²) < 4.78 is 19.1. The highest BCUT2D eigenvalue weighted by Crippen LogP contribution is 2.46. The van der Waals surface area contributed by atoms with Gasteiger partial charge in [0.25, 0.3) is 0 Å². The fraction of sp³-hybridized carbons (Fsp3) is 0.600. The van der Waals surface area contributed by atoms with Gasteiger partial charge in [-0.2, -0.15) is 11.8 Å². The molecule has 112 valence electrons. The molecule has 1 aromatic rings. The molecule has 0 spiro atoms. The van der Waals surface area contributed by atoms with Crippen LogP contribution in [0.15, 0.2) is 24.3 Å². The van der Waals surface area contributed by atoms with Crippen LogP contribution in [0.2, 0.25) is 0 Å². The van der Waals surface area contributed by atoms with Gasteiger partial charge in [-0.1, -0.05) is 18.2 Å². The van der Waals surface area contributed by atoms with Crippen molar-refractivity contribution in [3.63, 3.8) is 0 Å². The molecule has 1 unspecified atom stereocenters. The smallest absolute Gasteiger partial charge is 0.128 e. The van der Waals surface area contributed by atoms with Crippen molar-refractivity contribution < 1.29 is 14.2 Å². The molecule has 2 rings (SSSR count). The summed E-state index contributed by atoms with van der Waals surface area (Å²) in [6.07, 6.45) is 4.07. The van der Waals surface area contributed by atoms with Gasteiger partial charge < -0.3 is 15.2 Å². The number of aliphatic hydroxyl groups excluding tert-OH is 1. The van der Waals surface area contributed by atoms with E-state index in [0.29, 0.717) is 16.9 Å². The molecule has 1 aliphatic carbocycles. The van der Waals surface area contributed by atoms with Gasteiger partial charge in [0.15, 0.2) is 0 Å². The van der Waals surface area contributed by atoms with Gasteiger partial charge in [0.1, 0.15) is 5.82 Å². The van der Waals surface area contributed by atoms with Crippen LogP contribution in [-0.4, -0.2) is 41.9 Å². The summed E-state index contributed by atoms with van der Waals surface area (Å²) in [5.74, 6) is -0.268. The Morgan fingerprint density at radius 1 is 1.45 bits per heavy atom. The number of benzene rings is 1. The number of nitrogens with one attached hydrogen (secondary N) is 1. The van der Waals surface area contributed by atoms with E-state index in [0.717, 1.165) is 6.54 Å². The molecule has 5 heteroatoms. The number of aliphatic hydroxyl groups is 1. The van der Waals surface area contributed by atoms with Crippen LogP contribution in [0.1, 0.15) is 18.4 Å². The standard InChI is InChI=1S/C15H22FNO2S/c1-20-15(6-7-15)11-17-8-13(18)10-19-9-12-4-2-3-5-14(12)16/h2-5,13,17-18H,6-11H2,1H3. The Hall–Kier alpha value is -0.620. The maximum Gasteiger partial charge on any atom is 0.128 e. The summed E-state index contributed by atoms with van der Waals surface area (Å²) in [5, 5.41) is 13.1. The summed E-state index contributed by atoms with van der Waals surface area (Å²) in [5.41, 5.74) is 0.520. The maximum absolute atomic E-state index is 13.3. The largest absolute Gasteiger partial charge is 0.389 e. The van der Waals surface area contributed by atoms with Gasteiger partial charge in [-0.15, -0.1) is 0 Å². The second-order valence-electron chi connectivity index (χ2n) is 5.28. The molecular formula is C15H22FNO2S. The zero-order valence-electron chi connectivity index (χ0n) is 11.8. The van der Waals surface area contributed by atoms with E-state index >= 15 is 0 Å². The monoisotopic (exact) mass is 299 g/mol. The van der Waals surface area contributed by atoms with Crippen molar-refractivity contribution in [1.82, 2.24) is 5.32 Å². The third kappa shape index (κ3) is 4.74. The molecule has 0 saturated heterocycles. The van der Waals surface area contributed by atoms with Crippen molar-refractivity contribution in [3.8, 4) is 0 Å². The SMILES string of the molecule is CSC1(CNCC(O)COCc2ccccc2F)CC1. The first-order chi connectivity index (χ1) is 9.65. The molecule has 1 aliphatic rings. The Kier molecular flexibility index (Phi) is 5.84. The van der Waals surface area contributed by atoms with E-state index in [9.17, 15) is 9.50 Å². The van der Waals surface area contributed by atoms with Crippen LogP contribution in [0.25, 0.3) is 0 Å². The quantitative estimate of drug-likeness (QED) is 0.733. The Morgan fingerprint density at radius 2 is 2.20 bits per heavy atom. The van der Waals surface area contributed by atoms with Crippen molar-refractivity contribution in [2.24, 2.45) is 0 Å². The first-order valence-corrected chi connectivity index (χ1v) is 8.13. The topological polar surface area (TPSA) is 41.5 Å². The highest BCUT2D eigenvalue weighted by atomic mass is 32.2. The van der Waals surface area contributed by atoms with Gasteiger partial charge in [-0.3, -0.25) is 0 Å². The lowest BCUT2D eigenvalue weighted by molar-refractivity contribution is 0.0279. The molecule has 0 aromatic heterocycles. The van der Waals surface area contributed by atoms with Gasteiger partial charge in [0.05, 0.1) is 19.3 Å². The van der Waals surface area contributed by atoms with Crippen LogP contribution in [0.5, 0.6) is 0 Å². The van der Waals surface area contributed by atoms with Crippen LogP contribution in [-0.2, 0) is 11.3 Å². The third-order valence-electron chi connectivity index (χ3n) is 3.59. The molecule has 20 heavy (non-hydrogen) atoms. The molecular weight excluding hydrogens is 277 g/mol. The van der Waals surface area contributed by atoms with E-state index in [1.54, 1.807) is 18.2 Å². The first-order valence-electron chi connectivity index (χ1n) is 6.90. The van der Waals surface area contributed by atoms with E-state index in [1.807, 2.05) is 11.8 Å². The average molecular weight is 299 g/mol. The molecule has 0 heterocycles. The van der Waals surface area contributed by atoms with Crippen molar-refractivity contribution in [1.29, 1.82) is 0 Å². The number of rotatable bonds is 9. The Balaban J connectivity index is 1.58. The normalized spacial score (nSPS) is 17.9. The van der Waals surface area contributed by atoms with E-state index < -0.39 is 6.10 Å². The number of hydrogen-bond acceptors (Lipinski definition) is 4. The molecule has 0 amide bonds. The molecule has 1 atom stereocenters. The van der Waals surface area contributed by atoms with Crippen LogP contribution < -0.4 is 5.32 Å². The van der Waals surface area contributed by atoms with Gasteiger partial charge in [0, 0.05) is 23.4 Å². The molecule has 1 saturated carbocycles. The van der Waals surface area contributed by atoms with Crippen molar-refractivity contribution in [2.45, 2.75) is 30.3 Å². The predicted molar refractivity (Wildman–Crippen MR) is 80.4 cm³/mol. The minimum Gasteiger partial charge on any atom is -0.389 e. The maximum atomic E-state index is 13.3. The van der Waals surface area contributed by atoms with Crippen LogP contribution in [0.3, 0.4) is 0 Å². The second kappa shape index (κ2) is 7.41. The lowest BCUT2D eigenvalue weighted by Crippen LogP contribution is -2.35. The van der Waals surface area contributed by atoms with Crippen molar-refractivity contribution in [3.05, 3.63) is 35.6 Å². The van der Waals surface area contributed by atoms with E-state index in [4.69, 9.17) is 4.74 Å². The van der Waals surface area contributed by atoms with E-state index in [2.05, 4.69) is 11.6 Å². The molecule has 3 nitrogen and oxygen atoms in total.